The van der Waals surface area contributed by atoms with Crippen molar-refractivity contribution in [2.75, 3.05) is 26.2 Å². The SMILES string of the molecule is O=C(OCc1ccc(Cl)cc1)N1CCNCC1. The topological polar surface area (TPSA) is 41.6 Å². The highest BCUT2D eigenvalue weighted by Crippen LogP contribution is 2.10. The van der Waals surface area contributed by atoms with Gasteiger partial charge in [-0.05, 0) is 17.7 Å². The number of piperazine rings is 1. The number of nitrogens with zero attached hydrogens (tertiary/aromatic N) is 1. The summed E-state index contributed by atoms with van der Waals surface area (Å²) >= 11 is 5.77. The molecule has 0 aliphatic carbocycles. The van der Waals surface area contributed by atoms with Crippen molar-refractivity contribution < 1.29 is 9.53 Å². The average molecular weight is 255 g/mol. The van der Waals surface area contributed by atoms with E-state index in [1.54, 1.807) is 17.0 Å². The van der Waals surface area contributed by atoms with E-state index in [9.17, 15) is 4.79 Å². The fraction of sp³-hybridized carbons (Fsp3) is 0.417. The van der Waals surface area contributed by atoms with E-state index in [0.717, 1.165) is 18.7 Å². The molecule has 17 heavy (non-hydrogen) atoms. The van der Waals surface area contributed by atoms with Crippen LogP contribution < -0.4 is 5.32 Å². The summed E-state index contributed by atoms with van der Waals surface area (Å²) < 4.78 is 5.22. The third-order valence-electron chi connectivity index (χ3n) is 2.65. The molecule has 1 aliphatic heterocycles. The summed E-state index contributed by atoms with van der Waals surface area (Å²) in [4.78, 5) is 13.4. The Bertz CT molecular complexity index is 375. The van der Waals surface area contributed by atoms with Crippen LogP contribution in [0.4, 0.5) is 4.79 Å². The predicted octanol–water partition coefficient (Wildman–Crippen LogP) is 1.88. The summed E-state index contributed by atoms with van der Waals surface area (Å²) in [6.45, 7) is 3.37. The van der Waals surface area contributed by atoms with Crippen LogP contribution in [0.1, 0.15) is 5.56 Å². The second-order valence-electron chi connectivity index (χ2n) is 3.92. The van der Waals surface area contributed by atoms with Gasteiger partial charge in [0.2, 0.25) is 0 Å². The molecule has 0 spiro atoms. The van der Waals surface area contributed by atoms with Gasteiger partial charge in [-0.25, -0.2) is 4.79 Å². The minimum atomic E-state index is -0.249. The number of hydrogen-bond acceptors (Lipinski definition) is 3. The fourth-order valence-electron chi connectivity index (χ4n) is 1.66. The van der Waals surface area contributed by atoms with Crippen molar-refractivity contribution >= 4 is 17.7 Å². The van der Waals surface area contributed by atoms with Crippen LogP contribution in [0.5, 0.6) is 0 Å². The molecule has 92 valence electrons. The van der Waals surface area contributed by atoms with Crippen molar-refractivity contribution in [2.24, 2.45) is 0 Å². The number of rotatable bonds is 2. The number of amides is 1. The van der Waals surface area contributed by atoms with Gasteiger partial charge >= 0.3 is 6.09 Å². The monoisotopic (exact) mass is 254 g/mol. The number of carbonyl (C=O) groups is 1. The van der Waals surface area contributed by atoms with E-state index in [1.165, 1.54) is 0 Å². The van der Waals surface area contributed by atoms with Gasteiger partial charge in [-0.3, -0.25) is 0 Å². The van der Waals surface area contributed by atoms with Crippen LogP contribution in [0.2, 0.25) is 5.02 Å². The van der Waals surface area contributed by atoms with E-state index in [-0.39, 0.29) is 6.09 Å². The first kappa shape index (κ1) is 12.2. The molecule has 5 heteroatoms. The van der Waals surface area contributed by atoms with Crippen molar-refractivity contribution in [3.8, 4) is 0 Å². The minimum Gasteiger partial charge on any atom is -0.445 e. The zero-order chi connectivity index (χ0) is 12.1. The molecule has 1 saturated heterocycles. The number of benzene rings is 1. The zero-order valence-electron chi connectivity index (χ0n) is 9.49. The Morgan fingerprint density at radius 1 is 1.29 bits per heavy atom. The van der Waals surface area contributed by atoms with Gasteiger partial charge in [0.1, 0.15) is 6.61 Å². The Morgan fingerprint density at radius 3 is 2.59 bits per heavy atom. The third kappa shape index (κ3) is 3.61. The number of ether oxygens (including phenoxy) is 1. The lowest BCUT2D eigenvalue weighted by atomic mass is 10.2. The molecule has 0 saturated carbocycles. The van der Waals surface area contributed by atoms with Gasteiger partial charge < -0.3 is 15.0 Å². The molecule has 1 heterocycles. The summed E-state index contributed by atoms with van der Waals surface area (Å²) in [5.74, 6) is 0. The Balaban J connectivity index is 1.81. The molecule has 0 radical (unpaired) electrons. The Kier molecular flexibility index (Phi) is 4.23. The molecule has 1 N–H and O–H groups in total. The van der Waals surface area contributed by atoms with Crippen molar-refractivity contribution in [1.82, 2.24) is 10.2 Å². The quantitative estimate of drug-likeness (QED) is 0.876. The van der Waals surface area contributed by atoms with Crippen LogP contribution in [-0.2, 0) is 11.3 Å². The predicted molar refractivity (Wildman–Crippen MR) is 66.1 cm³/mol. The number of halogens is 1. The number of carbonyl (C=O) groups excluding carboxylic acids is 1. The highest BCUT2D eigenvalue weighted by atomic mass is 35.5. The molecule has 0 bridgehead atoms. The lowest BCUT2D eigenvalue weighted by molar-refractivity contribution is 0.0918. The van der Waals surface area contributed by atoms with Gasteiger partial charge in [0.05, 0.1) is 0 Å². The standard InChI is InChI=1S/C12H15ClN2O2/c13-11-3-1-10(2-4-11)9-17-12(16)15-7-5-14-6-8-15/h1-4,14H,5-9H2. The first-order valence-corrected chi connectivity index (χ1v) is 6.00. The van der Waals surface area contributed by atoms with Crippen molar-refractivity contribution in [3.05, 3.63) is 34.9 Å². The molecule has 4 nitrogen and oxygen atoms in total. The van der Waals surface area contributed by atoms with E-state index in [2.05, 4.69) is 5.32 Å². The van der Waals surface area contributed by atoms with E-state index >= 15 is 0 Å². The first-order valence-electron chi connectivity index (χ1n) is 5.62. The maximum Gasteiger partial charge on any atom is 0.410 e. The highest BCUT2D eigenvalue weighted by Gasteiger charge is 2.17. The van der Waals surface area contributed by atoms with Gasteiger partial charge in [0, 0.05) is 31.2 Å². The lowest BCUT2D eigenvalue weighted by Gasteiger charge is -2.26. The Morgan fingerprint density at radius 2 is 1.94 bits per heavy atom. The van der Waals surface area contributed by atoms with Crippen LogP contribution in [0.25, 0.3) is 0 Å². The second-order valence-corrected chi connectivity index (χ2v) is 4.35. The molecule has 2 rings (SSSR count). The molecule has 1 aliphatic rings. The normalized spacial score (nSPS) is 15.7. The zero-order valence-corrected chi connectivity index (χ0v) is 10.2. The fourth-order valence-corrected chi connectivity index (χ4v) is 1.79. The van der Waals surface area contributed by atoms with Gasteiger partial charge in [0.15, 0.2) is 0 Å². The summed E-state index contributed by atoms with van der Waals surface area (Å²) in [6.07, 6.45) is -0.249. The molecule has 1 aromatic carbocycles. The maximum absolute atomic E-state index is 11.7. The van der Waals surface area contributed by atoms with Crippen molar-refractivity contribution in [2.45, 2.75) is 6.61 Å². The largest absolute Gasteiger partial charge is 0.445 e. The number of hydrogen-bond donors (Lipinski definition) is 1. The third-order valence-corrected chi connectivity index (χ3v) is 2.90. The molecule has 0 unspecified atom stereocenters. The summed E-state index contributed by atoms with van der Waals surface area (Å²) in [5, 5.41) is 3.87. The highest BCUT2D eigenvalue weighted by molar-refractivity contribution is 6.30. The maximum atomic E-state index is 11.7. The van der Waals surface area contributed by atoms with Crippen LogP contribution in [-0.4, -0.2) is 37.2 Å². The van der Waals surface area contributed by atoms with Gasteiger partial charge in [-0.2, -0.15) is 0 Å². The molecule has 1 aromatic rings. The Labute approximate surface area is 106 Å². The van der Waals surface area contributed by atoms with E-state index in [4.69, 9.17) is 16.3 Å². The molecule has 1 fully saturated rings. The summed E-state index contributed by atoms with van der Waals surface area (Å²) in [6, 6.07) is 7.28. The lowest BCUT2D eigenvalue weighted by Crippen LogP contribution is -2.46. The minimum absolute atomic E-state index is 0.249. The van der Waals surface area contributed by atoms with Crippen LogP contribution in [0, 0.1) is 0 Å². The molecule has 0 aromatic heterocycles. The number of nitrogens with one attached hydrogen (secondary N) is 1. The van der Waals surface area contributed by atoms with Gasteiger partial charge in [-0.15, -0.1) is 0 Å². The van der Waals surface area contributed by atoms with Crippen LogP contribution >= 0.6 is 11.6 Å². The Hall–Kier alpha value is -1.26. The average Bonchev–Trinajstić information content (AvgIpc) is 2.39. The van der Waals surface area contributed by atoms with Crippen molar-refractivity contribution in [3.63, 3.8) is 0 Å². The van der Waals surface area contributed by atoms with E-state index < -0.39 is 0 Å². The molecular formula is C12H15ClN2O2. The smallest absolute Gasteiger partial charge is 0.410 e. The molecular weight excluding hydrogens is 240 g/mol. The summed E-state index contributed by atoms with van der Waals surface area (Å²) in [7, 11) is 0. The van der Waals surface area contributed by atoms with Crippen molar-refractivity contribution in [1.29, 1.82) is 0 Å². The molecule has 1 amide bonds. The summed E-state index contributed by atoms with van der Waals surface area (Å²) in [5.41, 5.74) is 0.942. The second kappa shape index (κ2) is 5.89. The van der Waals surface area contributed by atoms with Gasteiger partial charge in [0.25, 0.3) is 0 Å². The first-order chi connectivity index (χ1) is 8.25. The molecule has 0 atom stereocenters. The van der Waals surface area contributed by atoms with Gasteiger partial charge in [-0.1, -0.05) is 23.7 Å². The van der Waals surface area contributed by atoms with E-state index in [1.807, 2.05) is 12.1 Å². The van der Waals surface area contributed by atoms with E-state index in [0.29, 0.717) is 24.7 Å². The van der Waals surface area contributed by atoms with Crippen LogP contribution in [0.3, 0.4) is 0 Å². The van der Waals surface area contributed by atoms with Crippen LogP contribution in [0.15, 0.2) is 24.3 Å².